The van der Waals surface area contributed by atoms with Gasteiger partial charge >= 0.3 is 0 Å². The summed E-state index contributed by atoms with van der Waals surface area (Å²) in [6.45, 7) is 2.77. The van der Waals surface area contributed by atoms with Crippen LogP contribution in [-0.4, -0.2) is 11.4 Å². The fourth-order valence-corrected chi connectivity index (χ4v) is 3.30. The first-order valence-electron chi connectivity index (χ1n) is 8.34. The largest absolute Gasteiger partial charge is 0.293 e. The Morgan fingerprint density at radius 2 is 1.04 bits per heavy atom. The van der Waals surface area contributed by atoms with Gasteiger partial charge in [-0.05, 0) is 16.7 Å². The highest BCUT2D eigenvalue weighted by atomic mass is 32.1. The van der Waals surface area contributed by atoms with Crippen LogP contribution in [0.5, 0.6) is 0 Å². The molecule has 0 aliphatic carbocycles. The summed E-state index contributed by atoms with van der Waals surface area (Å²) in [5, 5.41) is 0.207. The quantitative estimate of drug-likeness (QED) is 0.570. The fourth-order valence-electron chi connectivity index (χ4n) is 2.89. The van der Waals surface area contributed by atoms with E-state index in [0.29, 0.717) is 0 Å². The van der Waals surface area contributed by atoms with Gasteiger partial charge in [-0.25, -0.2) is 0 Å². The molecule has 0 spiro atoms. The molecule has 3 aromatic carbocycles. The standard InChI is InChI=1S/C22H23NS/c24-22(21-14-8-3-9-15-21)18-23(16-19-10-4-1-5-11-19)17-20-12-6-2-7-13-20/h1-15,22,24H,16-18H2. The summed E-state index contributed by atoms with van der Waals surface area (Å²) in [7, 11) is 0. The monoisotopic (exact) mass is 333 g/mol. The molecule has 1 atom stereocenters. The van der Waals surface area contributed by atoms with Crippen molar-refractivity contribution in [1.29, 1.82) is 0 Å². The van der Waals surface area contributed by atoms with Gasteiger partial charge < -0.3 is 0 Å². The average molecular weight is 334 g/mol. The number of hydrogen-bond donors (Lipinski definition) is 1. The van der Waals surface area contributed by atoms with Crippen molar-refractivity contribution in [3.05, 3.63) is 108 Å². The molecule has 0 aliphatic rings. The highest BCUT2D eigenvalue weighted by Crippen LogP contribution is 2.23. The third-order valence-corrected chi connectivity index (χ3v) is 4.57. The van der Waals surface area contributed by atoms with E-state index in [-0.39, 0.29) is 5.25 Å². The van der Waals surface area contributed by atoms with E-state index in [1.807, 2.05) is 0 Å². The van der Waals surface area contributed by atoms with Crippen LogP contribution in [0.4, 0.5) is 0 Å². The van der Waals surface area contributed by atoms with Crippen LogP contribution in [0.1, 0.15) is 21.9 Å². The Morgan fingerprint density at radius 3 is 1.50 bits per heavy atom. The minimum absolute atomic E-state index is 0.207. The zero-order valence-corrected chi connectivity index (χ0v) is 14.6. The molecule has 0 aliphatic heterocycles. The van der Waals surface area contributed by atoms with Crippen LogP contribution in [0, 0.1) is 0 Å². The van der Waals surface area contributed by atoms with E-state index in [9.17, 15) is 0 Å². The maximum atomic E-state index is 4.85. The molecule has 122 valence electrons. The van der Waals surface area contributed by atoms with Crippen molar-refractivity contribution < 1.29 is 0 Å². The smallest absolute Gasteiger partial charge is 0.0394 e. The summed E-state index contributed by atoms with van der Waals surface area (Å²) >= 11 is 4.85. The molecule has 24 heavy (non-hydrogen) atoms. The lowest BCUT2D eigenvalue weighted by molar-refractivity contribution is 0.258. The van der Waals surface area contributed by atoms with Gasteiger partial charge in [0.25, 0.3) is 0 Å². The van der Waals surface area contributed by atoms with Crippen LogP contribution in [0.25, 0.3) is 0 Å². The van der Waals surface area contributed by atoms with Gasteiger partial charge in [-0.3, -0.25) is 4.90 Å². The molecular weight excluding hydrogens is 310 g/mol. The number of hydrogen-bond acceptors (Lipinski definition) is 2. The molecule has 0 fully saturated rings. The van der Waals surface area contributed by atoms with Crippen molar-refractivity contribution in [2.24, 2.45) is 0 Å². The summed E-state index contributed by atoms with van der Waals surface area (Å²) < 4.78 is 0. The minimum Gasteiger partial charge on any atom is -0.293 e. The Labute approximate surface area is 150 Å². The van der Waals surface area contributed by atoms with Crippen molar-refractivity contribution >= 4 is 12.6 Å². The van der Waals surface area contributed by atoms with Crippen LogP contribution >= 0.6 is 12.6 Å². The Hall–Kier alpha value is -2.03. The first kappa shape index (κ1) is 16.8. The van der Waals surface area contributed by atoms with Crippen LogP contribution in [-0.2, 0) is 13.1 Å². The second kappa shape index (κ2) is 8.72. The molecule has 1 unspecified atom stereocenters. The van der Waals surface area contributed by atoms with E-state index in [0.717, 1.165) is 19.6 Å². The summed E-state index contributed by atoms with van der Waals surface area (Å²) in [6.07, 6.45) is 0. The van der Waals surface area contributed by atoms with Gasteiger partial charge in [0, 0.05) is 24.9 Å². The van der Waals surface area contributed by atoms with Gasteiger partial charge in [0.1, 0.15) is 0 Å². The van der Waals surface area contributed by atoms with E-state index >= 15 is 0 Å². The first-order chi connectivity index (χ1) is 11.8. The highest BCUT2D eigenvalue weighted by Gasteiger charge is 2.13. The second-order valence-corrected chi connectivity index (χ2v) is 6.69. The molecule has 0 amide bonds. The molecule has 0 bridgehead atoms. The van der Waals surface area contributed by atoms with Gasteiger partial charge in [0.05, 0.1) is 0 Å². The van der Waals surface area contributed by atoms with Gasteiger partial charge in [-0.15, -0.1) is 0 Å². The lowest BCUT2D eigenvalue weighted by Gasteiger charge is -2.26. The topological polar surface area (TPSA) is 3.24 Å². The van der Waals surface area contributed by atoms with Crippen molar-refractivity contribution in [1.82, 2.24) is 4.90 Å². The third kappa shape index (κ3) is 4.98. The molecule has 0 saturated carbocycles. The van der Waals surface area contributed by atoms with Crippen molar-refractivity contribution in [3.63, 3.8) is 0 Å². The summed E-state index contributed by atoms with van der Waals surface area (Å²) in [6, 6.07) is 31.8. The summed E-state index contributed by atoms with van der Waals surface area (Å²) in [5.41, 5.74) is 3.94. The van der Waals surface area contributed by atoms with Crippen molar-refractivity contribution in [3.8, 4) is 0 Å². The fraction of sp³-hybridized carbons (Fsp3) is 0.182. The SMILES string of the molecule is SC(CN(Cc1ccccc1)Cc1ccccc1)c1ccccc1. The van der Waals surface area contributed by atoms with Gasteiger partial charge in [0.15, 0.2) is 0 Å². The van der Waals surface area contributed by atoms with E-state index in [1.165, 1.54) is 16.7 Å². The molecule has 0 N–H and O–H groups in total. The Kier molecular flexibility index (Phi) is 6.11. The van der Waals surface area contributed by atoms with E-state index in [2.05, 4.69) is 95.9 Å². The average Bonchev–Trinajstić information content (AvgIpc) is 2.64. The number of rotatable bonds is 7. The first-order valence-corrected chi connectivity index (χ1v) is 8.86. The molecular formula is C22H23NS. The number of nitrogens with zero attached hydrogens (tertiary/aromatic N) is 1. The molecule has 0 saturated heterocycles. The van der Waals surface area contributed by atoms with Gasteiger partial charge in [-0.2, -0.15) is 12.6 Å². The molecule has 0 radical (unpaired) electrons. The molecule has 1 nitrogen and oxygen atoms in total. The normalized spacial score (nSPS) is 12.2. The van der Waals surface area contributed by atoms with E-state index < -0.39 is 0 Å². The maximum absolute atomic E-state index is 4.85. The zero-order chi connectivity index (χ0) is 16.6. The van der Waals surface area contributed by atoms with E-state index in [1.54, 1.807) is 0 Å². The lowest BCUT2D eigenvalue weighted by Crippen LogP contribution is -2.26. The summed E-state index contributed by atoms with van der Waals surface area (Å²) in [5.74, 6) is 0. The number of thiol groups is 1. The third-order valence-electron chi connectivity index (χ3n) is 4.11. The van der Waals surface area contributed by atoms with Gasteiger partial charge in [-0.1, -0.05) is 91.0 Å². The lowest BCUT2D eigenvalue weighted by atomic mass is 10.1. The number of benzene rings is 3. The minimum atomic E-state index is 0.207. The van der Waals surface area contributed by atoms with Crippen LogP contribution in [0.2, 0.25) is 0 Å². The zero-order valence-electron chi connectivity index (χ0n) is 13.8. The predicted octanol–water partition coefficient (Wildman–Crippen LogP) is 5.36. The summed E-state index contributed by atoms with van der Waals surface area (Å²) in [4.78, 5) is 2.47. The Morgan fingerprint density at radius 1 is 0.625 bits per heavy atom. The Balaban J connectivity index is 1.73. The van der Waals surface area contributed by atoms with Crippen LogP contribution in [0.15, 0.2) is 91.0 Å². The van der Waals surface area contributed by atoms with E-state index in [4.69, 9.17) is 12.6 Å². The molecule has 0 heterocycles. The molecule has 3 aromatic rings. The second-order valence-electron chi connectivity index (χ2n) is 6.07. The van der Waals surface area contributed by atoms with Gasteiger partial charge in [0.2, 0.25) is 0 Å². The van der Waals surface area contributed by atoms with Crippen LogP contribution < -0.4 is 0 Å². The predicted molar refractivity (Wildman–Crippen MR) is 105 cm³/mol. The van der Waals surface area contributed by atoms with Crippen molar-refractivity contribution in [2.75, 3.05) is 6.54 Å². The van der Waals surface area contributed by atoms with Crippen molar-refractivity contribution in [2.45, 2.75) is 18.3 Å². The molecule has 3 rings (SSSR count). The molecule has 0 aromatic heterocycles. The maximum Gasteiger partial charge on any atom is 0.0394 e. The Bertz CT molecular complexity index is 671. The van der Waals surface area contributed by atoms with Crippen LogP contribution in [0.3, 0.4) is 0 Å². The molecule has 2 heteroatoms. The highest BCUT2D eigenvalue weighted by molar-refractivity contribution is 7.80.